The van der Waals surface area contributed by atoms with Crippen LogP contribution in [0.1, 0.15) is 19.3 Å². The van der Waals surface area contributed by atoms with E-state index >= 15 is 0 Å². The van der Waals surface area contributed by atoms with Crippen LogP contribution >= 0.6 is 0 Å². The smallest absolute Gasteiger partial charge is 0.0397 e. The highest BCUT2D eigenvalue weighted by Crippen LogP contribution is 2.15. The lowest BCUT2D eigenvalue weighted by Crippen LogP contribution is -2.31. The van der Waals surface area contributed by atoms with Crippen molar-refractivity contribution in [3.63, 3.8) is 0 Å². The van der Waals surface area contributed by atoms with Crippen LogP contribution in [0.25, 0.3) is 0 Å². The van der Waals surface area contributed by atoms with Gasteiger partial charge in [-0.3, -0.25) is 4.98 Å². The van der Waals surface area contributed by atoms with Crippen LogP contribution in [0.3, 0.4) is 0 Å². The molecule has 2 N–H and O–H groups in total. The van der Waals surface area contributed by atoms with Gasteiger partial charge in [0, 0.05) is 37.7 Å². The first-order chi connectivity index (χ1) is 8.90. The Kier molecular flexibility index (Phi) is 5.42. The molecule has 100 valence electrons. The van der Waals surface area contributed by atoms with Crippen molar-refractivity contribution in [3.05, 3.63) is 24.5 Å². The van der Waals surface area contributed by atoms with Crippen LogP contribution in [0.4, 0.5) is 5.69 Å². The first kappa shape index (κ1) is 13.3. The summed E-state index contributed by atoms with van der Waals surface area (Å²) in [5, 5.41) is 0. The van der Waals surface area contributed by atoms with Crippen molar-refractivity contribution in [1.29, 1.82) is 0 Å². The van der Waals surface area contributed by atoms with Crippen LogP contribution in [0.2, 0.25) is 0 Å². The standard InChI is InChI=1S/C14H24N4/c15-6-1-2-9-17-10-3-11-18(13-12-17)14-4-7-16-8-5-14/h4-5,7-8H,1-3,6,9-13,15H2. The van der Waals surface area contributed by atoms with Gasteiger partial charge in [0.15, 0.2) is 0 Å². The highest BCUT2D eigenvalue weighted by atomic mass is 15.2. The number of nitrogens with two attached hydrogens (primary N) is 1. The molecule has 4 nitrogen and oxygen atoms in total. The molecule has 18 heavy (non-hydrogen) atoms. The Hall–Kier alpha value is -1.13. The third-order valence-electron chi connectivity index (χ3n) is 3.54. The van der Waals surface area contributed by atoms with E-state index in [1.807, 2.05) is 12.4 Å². The lowest BCUT2D eigenvalue weighted by Gasteiger charge is -2.23. The van der Waals surface area contributed by atoms with Crippen LogP contribution in [-0.2, 0) is 0 Å². The van der Waals surface area contributed by atoms with Gasteiger partial charge in [-0.15, -0.1) is 0 Å². The summed E-state index contributed by atoms with van der Waals surface area (Å²) in [6, 6.07) is 4.20. The average Bonchev–Trinajstić information content (AvgIpc) is 2.66. The van der Waals surface area contributed by atoms with E-state index in [9.17, 15) is 0 Å². The first-order valence-corrected chi connectivity index (χ1v) is 6.97. The zero-order valence-electron chi connectivity index (χ0n) is 11.1. The van der Waals surface area contributed by atoms with E-state index < -0.39 is 0 Å². The van der Waals surface area contributed by atoms with E-state index in [1.165, 1.54) is 31.6 Å². The number of rotatable bonds is 5. The maximum atomic E-state index is 5.54. The minimum Gasteiger partial charge on any atom is -0.370 e. The lowest BCUT2D eigenvalue weighted by molar-refractivity contribution is 0.288. The lowest BCUT2D eigenvalue weighted by atomic mass is 10.3. The van der Waals surface area contributed by atoms with Crippen molar-refractivity contribution >= 4 is 5.69 Å². The molecule has 4 heteroatoms. The van der Waals surface area contributed by atoms with E-state index in [0.717, 1.165) is 32.6 Å². The molecule has 0 saturated carbocycles. The van der Waals surface area contributed by atoms with Crippen molar-refractivity contribution in [2.45, 2.75) is 19.3 Å². The van der Waals surface area contributed by atoms with E-state index in [-0.39, 0.29) is 0 Å². The Morgan fingerprint density at radius 2 is 1.89 bits per heavy atom. The van der Waals surface area contributed by atoms with Crippen LogP contribution in [0.15, 0.2) is 24.5 Å². The summed E-state index contributed by atoms with van der Waals surface area (Å²) in [6.45, 7) is 6.65. The second-order valence-corrected chi connectivity index (χ2v) is 4.88. The summed E-state index contributed by atoms with van der Waals surface area (Å²) >= 11 is 0. The summed E-state index contributed by atoms with van der Waals surface area (Å²) in [5.41, 5.74) is 6.84. The van der Waals surface area contributed by atoms with Crippen molar-refractivity contribution in [3.8, 4) is 0 Å². The molecule has 0 amide bonds. The Morgan fingerprint density at radius 1 is 1.06 bits per heavy atom. The highest BCUT2D eigenvalue weighted by Gasteiger charge is 2.14. The van der Waals surface area contributed by atoms with Crippen molar-refractivity contribution in [2.24, 2.45) is 5.73 Å². The van der Waals surface area contributed by atoms with Crippen LogP contribution in [0.5, 0.6) is 0 Å². The maximum Gasteiger partial charge on any atom is 0.0397 e. The first-order valence-electron chi connectivity index (χ1n) is 6.97. The van der Waals surface area contributed by atoms with Gasteiger partial charge in [-0.25, -0.2) is 0 Å². The number of unbranched alkanes of at least 4 members (excludes halogenated alkanes) is 1. The third-order valence-corrected chi connectivity index (χ3v) is 3.54. The van der Waals surface area contributed by atoms with Crippen LogP contribution in [-0.4, -0.2) is 49.2 Å². The second kappa shape index (κ2) is 7.34. The number of nitrogens with zero attached hydrogens (tertiary/aromatic N) is 3. The molecule has 0 atom stereocenters. The molecule has 1 fully saturated rings. The molecule has 1 aromatic heterocycles. The van der Waals surface area contributed by atoms with Crippen molar-refractivity contribution < 1.29 is 0 Å². The minimum atomic E-state index is 0.816. The Morgan fingerprint density at radius 3 is 2.67 bits per heavy atom. The van der Waals surface area contributed by atoms with Gasteiger partial charge in [0.05, 0.1) is 0 Å². The van der Waals surface area contributed by atoms with E-state index in [4.69, 9.17) is 5.73 Å². The second-order valence-electron chi connectivity index (χ2n) is 4.88. The predicted molar refractivity (Wildman–Crippen MR) is 75.8 cm³/mol. The number of anilines is 1. The van der Waals surface area contributed by atoms with E-state index in [0.29, 0.717) is 0 Å². The molecule has 1 aliphatic heterocycles. The van der Waals surface area contributed by atoms with Gasteiger partial charge in [0.1, 0.15) is 0 Å². The molecule has 0 bridgehead atoms. The van der Waals surface area contributed by atoms with Gasteiger partial charge in [0.2, 0.25) is 0 Å². The topological polar surface area (TPSA) is 45.4 Å². The Balaban J connectivity index is 1.81. The molecular weight excluding hydrogens is 224 g/mol. The number of hydrogen-bond acceptors (Lipinski definition) is 4. The van der Waals surface area contributed by atoms with Gasteiger partial charge in [-0.05, 0) is 51.0 Å². The summed E-state index contributed by atoms with van der Waals surface area (Å²) in [4.78, 5) is 9.11. The summed E-state index contributed by atoms with van der Waals surface area (Å²) in [7, 11) is 0. The predicted octanol–water partition coefficient (Wildman–Crippen LogP) is 1.33. The molecule has 1 saturated heterocycles. The van der Waals surface area contributed by atoms with Crippen LogP contribution in [0, 0.1) is 0 Å². The molecule has 0 aliphatic carbocycles. The molecular formula is C14H24N4. The maximum absolute atomic E-state index is 5.54. The number of aromatic nitrogens is 1. The molecule has 0 spiro atoms. The molecule has 2 heterocycles. The van der Waals surface area contributed by atoms with Crippen LogP contribution < -0.4 is 10.6 Å². The molecule has 2 rings (SSSR count). The van der Waals surface area contributed by atoms with Gasteiger partial charge in [-0.2, -0.15) is 0 Å². The summed E-state index contributed by atoms with van der Waals surface area (Å²) in [5.74, 6) is 0. The fraction of sp³-hybridized carbons (Fsp3) is 0.643. The normalized spacial score (nSPS) is 17.7. The van der Waals surface area contributed by atoms with E-state index in [1.54, 1.807) is 0 Å². The summed E-state index contributed by atoms with van der Waals surface area (Å²) in [6.07, 6.45) is 7.36. The number of pyridine rings is 1. The van der Waals surface area contributed by atoms with Gasteiger partial charge in [-0.1, -0.05) is 0 Å². The van der Waals surface area contributed by atoms with Crippen molar-refractivity contribution in [1.82, 2.24) is 9.88 Å². The third kappa shape index (κ3) is 3.96. The fourth-order valence-electron chi connectivity index (χ4n) is 2.49. The minimum absolute atomic E-state index is 0.816. The molecule has 0 unspecified atom stereocenters. The zero-order valence-corrected chi connectivity index (χ0v) is 11.1. The Bertz CT molecular complexity index is 328. The quantitative estimate of drug-likeness (QED) is 0.799. The van der Waals surface area contributed by atoms with Gasteiger partial charge >= 0.3 is 0 Å². The highest BCUT2D eigenvalue weighted by molar-refractivity contribution is 5.44. The molecule has 1 aromatic rings. The monoisotopic (exact) mass is 248 g/mol. The summed E-state index contributed by atoms with van der Waals surface area (Å²) < 4.78 is 0. The van der Waals surface area contributed by atoms with Gasteiger partial charge < -0.3 is 15.5 Å². The molecule has 0 aromatic carbocycles. The van der Waals surface area contributed by atoms with Gasteiger partial charge in [0.25, 0.3) is 0 Å². The average molecular weight is 248 g/mol. The van der Waals surface area contributed by atoms with Crippen molar-refractivity contribution in [2.75, 3.05) is 44.2 Å². The largest absolute Gasteiger partial charge is 0.370 e. The fourth-order valence-corrected chi connectivity index (χ4v) is 2.49. The Labute approximate surface area is 110 Å². The SMILES string of the molecule is NCCCCN1CCCN(c2ccncc2)CC1. The van der Waals surface area contributed by atoms with E-state index in [2.05, 4.69) is 26.9 Å². The zero-order chi connectivity index (χ0) is 12.6. The molecule has 1 aliphatic rings. The number of hydrogen-bond donors (Lipinski definition) is 1. The molecule has 0 radical (unpaired) electrons.